The van der Waals surface area contributed by atoms with Crippen molar-refractivity contribution in [1.82, 2.24) is 0 Å². The Bertz CT molecular complexity index is 57.9. The van der Waals surface area contributed by atoms with Gasteiger partial charge in [0.1, 0.15) is 3.61 Å². The van der Waals surface area contributed by atoms with Crippen molar-refractivity contribution in [3.8, 4) is 0 Å². The van der Waals surface area contributed by atoms with Crippen molar-refractivity contribution in [3.05, 3.63) is 0 Å². The molecule has 0 radical (unpaired) electrons. The summed E-state index contributed by atoms with van der Waals surface area (Å²) in [5.41, 5.74) is 0. The SMILES string of the molecule is CC(C)(I)OCCO. The molecule has 0 saturated heterocycles. The summed E-state index contributed by atoms with van der Waals surface area (Å²) in [5.74, 6) is 0. The van der Waals surface area contributed by atoms with Crippen molar-refractivity contribution in [3.63, 3.8) is 0 Å². The van der Waals surface area contributed by atoms with Crippen LogP contribution in [0.15, 0.2) is 0 Å². The first-order chi connectivity index (χ1) is 3.56. The van der Waals surface area contributed by atoms with E-state index >= 15 is 0 Å². The molecule has 0 amide bonds. The van der Waals surface area contributed by atoms with Crippen molar-refractivity contribution in [2.75, 3.05) is 13.2 Å². The zero-order valence-electron chi connectivity index (χ0n) is 5.15. The molecule has 2 nitrogen and oxygen atoms in total. The second-order valence-electron chi connectivity index (χ2n) is 1.94. The molecule has 0 heterocycles. The first-order valence-electron chi connectivity index (χ1n) is 2.50. The lowest BCUT2D eigenvalue weighted by Crippen LogP contribution is -2.16. The second-order valence-corrected chi connectivity index (χ2v) is 4.53. The van der Waals surface area contributed by atoms with Gasteiger partial charge < -0.3 is 9.84 Å². The molecule has 0 aromatic heterocycles. The standard InChI is InChI=1S/C5H11IO2/c1-5(2,6)8-4-3-7/h7H,3-4H2,1-2H3. The third-order valence-corrected chi connectivity index (χ3v) is 0.848. The van der Waals surface area contributed by atoms with E-state index in [1.165, 1.54) is 0 Å². The zero-order valence-corrected chi connectivity index (χ0v) is 7.31. The molecule has 0 aliphatic rings. The van der Waals surface area contributed by atoms with E-state index in [2.05, 4.69) is 22.6 Å². The Morgan fingerprint density at radius 1 is 1.62 bits per heavy atom. The number of halogens is 1. The molecule has 0 aliphatic carbocycles. The Morgan fingerprint density at radius 2 is 2.12 bits per heavy atom. The largest absolute Gasteiger partial charge is 0.394 e. The molecule has 0 bridgehead atoms. The molecule has 0 aliphatic heterocycles. The minimum atomic E-state index is -0.138. The molecule has 1 N–H and O–H groups in total. The summed E-state index contributed by atoms with van der Waals surface area (Å²) in [6, 6.07) is 0. The minimum absolute atomic E-state index is 0.104. The first kappa shape index (κ1) is 8.65. The Kier molecular flexibility index (Phi) is 3.93. The van der Waals surface area contributed by atoms with Crippen LogP contribution >= 0.6 is 22.6 Å². The topological polar surface area (TPSA) is 29.5 Å². The van der Waals surface area contributed by atoms with Gasteiger partial charge in [0.2, 0.25) is 0 Å². The Hall–Kier alpha value is 0.650. The lowest BCUT2D eigenvalue weighted by Gasteiger charge is -2.15. The maximum Gasteiger partial charge on any atom is 0.113 e. The van der Waals surface area contributed by atoms with Crippen LogP contribution in [0, 0.1) is 0 Å². The maximum atomic E-state index is 8.30. The van der Waals surface area contributed by atoms with Gasteiger partial charge in [-0.1, -0.05) is 0 Å². The van der Waals surface area contributed by atoms with Gasteiger partial charge in [-0.3, -0.25) is 0 Å². The summed E-state index contributed by atoms with van der Waals surface area (Å²) in [5, 5.41) is 8.30. The summed E-state index contributed by atoms with van der Waals surface area (Å²) < 4.78 is 4.98. The lowest BCUT2D eigenvalue weighted by molar-refractivity contribution is 0.0387. The quantitative estimate of drug-likeness (QED) is 0.582. The van der Waals surface area contributed by atoms with Gasteiger partial charge >= 0.3 is 0 Å². The van der Waals surface area contributed by atoms with E-state index in [-0.39, 0.29) is 10.2 Å². The highest BCUT2D eigenvalue weighted by atomic mass is 127. The van der Waals surface area contributed by atoms with Crippen molar-refractivity contribution >= 4 is 22.6 Å². The van der Waals surface area contributed by atoms with Gasteiger partial charge in [0.05, 0.1) is 13.2 Å². The van der Waals surface area contributed by atoms with E-state index in [9.17, 15) is 0 Å². The second kappa shape index (κ2) is 3.63. The number of hydrogen-bond donors (Lipinski definition) is 1. The molecule has 0 unspecified atom stereocenters. The summed E-state index contributed by atoms with van der Waals surface area (Å²) in [7, 11) is 0. The molecule has 0 spiro atoms. The van der Waals surface area contributed by atoms with Crippen LogP contribution in [0.2, 0.25) is 0 Å². The molecule has 0 aromatic rings. The van der Waals surface area contributed by atoms with Crippen LogP contribution in [0.1, 0.15) is 13.8 Å². The predicted octanol–water partition coefficient (Wildman–Crippen LogP) is 1.17. The molecule has 0 saturated carbocycles. The molecule has 50 valence electrons. The van der Waals surface area contributed by atoms with E-state index in [0.717, 1.165) is 0 Å². The minimum Gasteiger partial charge on any atom is -0.394 e. The van der Waals surface area contributed by atoms with E-state index in [0.29, 0.717) is 6.61 Å². The molecule has 0 atom stereocenters. The van der Waals surface area contributed by atoms with E-state index in [1.54, 1.807) is 0 Å². The molecule has 8 heavy (non-hydrogen) atoms. The van der Waals surface area contributed by atoms with Gasteiger partial charge in [0, 0.05) is 0 Å². The number of ether oxygens (including phenoxy) is 1. The lowest BCUT2D eigenvalue weighted by atomic mass is 10.5. The summed E-state index contributed by atoms with van der Waals surface area (Å²) in [6.45, 7) is 4.43. The van der Waals surface area contributed by atoms with E-state index in [4.69, 9.17) is 9.84 Å². The molecule has 0 fully saturated rings. The molecule has 3 heteroatoms. The van der Waals surface area contributed by atoms with Crippen molar-refractivity contribution < 1.29 is 9.84 Å². The number of hydrogen-bond acceptors (Lipinski definition) is 2. The zero-order chi connectivity index (χ0) is 6.62. The van der Waals surface area contributed by atoms with Crippen LogP contribution in [0.3, 0.4) is 0 Å². The maximum absolute atomic E-state index is 8.30. The van der Waals surface area contributed by atoms with E-state index < -0.39 is 0 Å². The number of aliphatic hydroxyl groups excluding tert-OH is 1. The van der Waals surface area contributed by atoms with Crippen molar-refractivity contribution in [2.24, 2.45) is 0 Å². The van der Waals surface area contributed by atoms with Crippen LogP contribution in [0.5, 0.6) is 0 Å². The van der Waals surface area contributed by atoms with Gasteiger partial charge in [-0.2, -0.15) is 0 Å². The highest BCUT2D eigenvalue weighted by Gasteiger charge is 2.10. The fourth-order valence-electron chi connectivity index (χ4n) is 0.288. The summed E-state index contributed by atoms with van der Waals surface area (Å²) >= 11 is 2.17. The number of alkyl halides is 1. The molecular weight excluding hydrogens is 219 g/mol. The van der Waals surface area contributed by atoms with Gasteiger partial charge in [0.15, 0.2) is 0 Å². The van der Waals surface area contributed by atoms with Crippen LogP contribution in [-0.2, 0) is 4.74 Å². The van der Waals surface area contributed by atoms with E-state index in [1.807, 2.05) is 13.8 Å². The van der Waals surface area contributed by atoms with Gasteiger partial charge in [0.25, 0.3) is 0 Å². The third-order valence-electron chi connectivity index (χ3n) is 0.537. The average molecular weight is 230 g/mol. The van der Waals surface area contributed by atoms with Gasteiger partial charge in [-0.05, 0) is 36.4 Å². The summed E-state index contributed by atoms with van der Waals surface area (Å²) in [4.78, 5) is 0. The number of aliphatic hydroxyl groups is 1. The molecule has 0 rings (SSSR count). The predicted molar refractivity (Wildman–Crippen MR) is 41.1 cm³/mol. The Balaban J connectivity index is 3.11. The number of rotatable bonds is 3. The smallest absolute Gasteiger partial charge is 0.113 e. The third kappa shape index (κ3) is 6.65. The van der Waals surface area contributed by atoms with Crippen LogP contribution in [0.25, 0.3) is 0 Å². The monoisotopic (exact) mass is 230 g/mol. The Labute approximate surface area is 63.4 Å². The van der Waals surface area contributed by atoms with Crippen LogP contribution in [0.4, 0.5) is 0 Å². The fraction of sp³-hybridized carbons (Fsp3) is 1.00. The average Bonchev–Trinajstić information content (AvgIpc) is 1.59. The van der Waals surface area contributed by atoms with Gasteiger partial charge in [-0.15, -0.1) is 0 Å². The van der Waals surface area contributed by atoms with Crippen molar-refractivity contribution in [1.29, 1.82) is 0 Å². The van der Waals surface area contributed by atoms with Crippen LogP contribution < -0.4 is 0 Å². The van der Waals surface area contributed by atoms with Crippen LogP contribution in [-0.4, -0.2) is 21.9 Å². The normalized spacial score (nSPS) is 12.0. The van der Waals surface area contributed by atoms with Crippen molar-refractivity contribution in [2.45, 2.75) is 17.5 Å². The Morgan fingerprint density at radius 3 is 2.25 bits per heavy atom. The molecular formula is C5H11IO2. The first-order valence-corrected chi connectivity index (χ1v) is 3.58. The fourth-order valence-corrected chi connectivity index (χ4v) is 0.509. The summed E-state index contributed by atoms with van der Waals surface area (Å²) in [6.07, 6.45) is 0. The highest BCUT2D eigenvalue weighted by molar-refractivity contribution is 14.1. The highest BCUT2D eigenvalue weighted by Crippen LogP contribution is 2.16. The molecule has 0 aromatic carbocycles. The van der Waals surface area contributed by atoms with Gasteiger partial charge in [-0.25, -0.2) is 0 Å².